The molecule has 2 fully saturated rings. The number of methoxy groups -OCH3 is 1. The average Bonchev–Trinajstić information content (AvgIpc) is 3.00. The highest BCUT2D eigenvalue weighted by molar-refractivity contribution is 6.07. The average molecular weight is 466 g/mol. The van der Waals surface area contributed by atoms with E-state index in [1.54, 1.807) is 7.11 Å². The summed E-state index contributed by atoms with van der Waals surface area (Å²) < 4.78 is 5.24. The molecule has 1 atom stereocenters. The molecule has 0 bridgehead atoms. The maximum Gasteiger partial charge on any atom is 0.327 e. The molecule has 2 aromatic carbocycles. The third kappa shape index (κ3) is 4.84. The lowest BCUT2D eigenvalue weighted by Crippen LogP contribution is -2.58. The summed E-state index contributed by atoms with van der Waals surface area (Å²) in [6.07, 6.45) is 3.27. The first-order valence-corrected chi connectivity index (χ1v) is 12.7. The Morgan fingerprint density at radius 2 is 1.71 bits per heavy atom. The second-order valence-corrected chi connectivity index (χ2v) is 10.4. The molecule has 3 amide bonds. The number of likely N-dealkylation sites (tertiary alicyclic amines) is 1. The van der Waals surface area contributed by atoms with E-state index in [0.717, 1.165) is 42.3 Å². The molecule has 0 saturated carbocycles. The van der Waals surface area contributed by atoms with E-state index in [-0.39, 0.29) is 11.9 Å². The Bertz CT molecular complexity index is 1010. The first kappa shape index (κ1) is 24.7. The molecule has 0 N–H and O–H groups in total. The van der Waals surface area contributed by atoms with Crippen molar-refractivity contribution < 1.29 is 14.3 Å². The number of piperidine rings is 1. The van der Waals surface area contributed by atoms with E-state index in [2.05, 4.69) is 49.9 Å². The van der Waals surface area contributed by atoms with Crippen molar-refractivity contribution >= 4 is 22.7 Å². The maximum absolute atomic E-state index is 13.9. The highest BCUT2D eigenvalue weighted by atomic mass is 16.5. The number of urea groups is 1. The van der Waals surface area contributed by atoms with Crippen LogP contribution in [0.25, 0.3) is 10.8 Å². The fourth-order valence-corrected chi connectivity index (χ4v) is 5.77. The topological polar surface area (TPSA) is 53.1 Å². The minimum atomic E-state index is -0.726. The predicted octanol–water partition coefficient (Wildman–Crippen LogP) is 4.91. The van der Waals surface area contributed by atoms with E-state index in [1.165, 1.54) is 4.90 Å². The molecule has 2 aliphatic rings. The molecule has 0 unspecified atom stereocenters. The van der Waals surface area contributed by atoms with Crippen molar-refractivity contribution in [3.63, 3.8) is 0 Å². The number of nitrogens with zero attached hydrogens (tertiary/aromatic N) is 3. The van der Waals surface area contributed by atoms with Gasteiger partial charge in [0.2, 0.25) is 0 Å². The van der Waals surface area contributed by atoms with Gasteiger partial charge < -0.3 is 14.5 Å². The van der Waals surface area contributed by atoms with Gasteiger partial charge in [0, 0.05) is 39.4 Å². The fraction of sp³-hybridized carbons (Fsp3) is 0.571. The molecule has 0 aromatic heterocycles. The van der Waals surface area contributed by atoms with Crippen molar-refractivity contribution in [2.75, 3.05) is 33.4 Å². The standard InChI is InChI=1S/C28H39N3O3/c1-21(2)18-22(3)29-15-12-28(13-16-29)26(32)30(27(33)31(28)14-7-17-34-4)20-23-10-11-24-8-5-6-9-25(24)19-23/h5-6,8-11,19,21-22H,7,12-18,20H2,1-4H3/t22-/m1/s1. The third-order valence-corrected chi connectivity index (χ3v) is 7.57. The van der Waals surface area contributed by atoms with Crippen LogP contribution in [-0.2, 0) is 16.1 Å². The van der Waals surface area contributed by atoms with Gasteiger partial charge in [-0.3, -0.25) is 9.69 Å². The summed E-state index contributed by atoms with van der Waals surface area (Å²) in [4.78, 5) is 33.3. The fourth-order valence-electron chi connectivity index (χ4n) is 5.77. The Balaban J connectivity index is 1.55. The van der Waals surface area contributed by atoms with Gasteiger partial charge in [0.15, 0.2) is 0 Å². The van der Waals surface area contributed by atoms with Crippen molar-refractivity contribution in [1.82, 2.24) is 14.7 Å². The molecule has 0 aliphatic carbocycles. The maximum atomic E-state index is 13.9. The lowest BCUT2D eigenvalue weighted by molar-refractivity contribution is -0.136. The molecular weight excluding hydrogens is 426 g/mol. The molecule has 34 heavy (non-hydrogen) atoms. The number of amides is 3. The zero-order valence-corrected chi connectivity index (χ0v) is 21.1. The second kappa shape index (κ2) is 10.4. The van der Waals surface area contributed by atoms with Gasteiger partial charge >= 0.3 is 6.03 Å². The van der Waals surface area contributed by atoms with Gasteiger partial charge in [-0.1, -0.05) is 50.2 Å². The smallest absolute Gasteiger partial charge is 0.327 e. The van der Waals surface area contributed by atoms with Crippen LogP contribution in [-0.4, -0.2) is 71.6 Å². The SMILES string of the molecule is COCCCN1C(=O)N(Cc2ccc3ccccc3c2)C(=O)C12CCN([C@H](C)CC(C)C)CC2. The first-order chi connectivity index (χ1) is 16.4. The molecule has 6 heteroatoms. The molecule has 184 valence electrons. The van der Waals surface area contributed by atoms with Gasteiger partial charge in [0.05, 0.1) is 6.54 Å². The van der Waals surface area contributed by atoms with Crippen molar-refractivity contribution in [3.05, 3.63) is 48.0 Å². The quantitative estimate of drug-likeness (QED) is 0.390. The second-order valence-electron chi connectivity index (χ2n) is 10.4. The summed E-state index contributed by atoms with van der Waals surface area (Å²) in [7, 11) is 1.67. The van der Waals surface area contributed by atoms with Crippen molar-refractivity contribution in [1.29, 1.82) is 0 Å². The minimum Gasteiger partial charge on any atom is -0.385 e. The van der Waals surface area contributed by atoms with Gasteiger partial charge in [0.25, 0.3) is 5.91 Å². The van der Waals surface area contributed by atoms with Crippen LogP contribution in [0.5, 0.6) is 0 Å². The molecule has 6 nitrogen and oxygen atoms in total. The summed E-state index contributed by atoms with van der Waals surface area (Å²) in [5.74, 6) is 0.614. The zero-order valence-electron chi connectivity index (χ0n) is 21.1. The Hall–Kier alpha value is -2.44. The van der Waals surface area contributed by atoms with Crippen LogP contribution in [0.1, 0.15) is 52.0 Å². The number of imide groups is 1. The van der Waals surface area contributed by atoms with Crippen LogP contribution in [0.15, 0.2) is 42.5 Å². The van der Waals surface area contributed by atoms with Crippen LogP contribution >= 0.6 is 0 Å². The Labute approximate surface area is 203 Å². The highest BCUT2D eigenvalue weighted by Crippen LogP contribution is 2.39. The van der Waals surface area contributed by atoms with E-state index in [0.29, 0.717) is 44.5 Å². The number of rotatable bonds is 9. The van der Waals surface area contributed by atoms with Crippen LogP contribution in [0.2, 0.25) is 0 Å². The first-order valence-electron chi connectivity index (χ1n) is 12.7. The van der Waals surface area contributed by atoms with E-state index < -0.39 is 5.54 Å². The summed E-state index contributed by atoms with van der Waals surface area (Å²) in [6, 6.07) is 14.7. The molecule has 2 aliphatic heterocycles. The van der Waals surface area contributed by atoms with Crippen molar-refractivity contribution in [3.8, 4) is 0 Å². The summed E-state index contributed by atoms with van der Waals surface area (Å²) in [5.41, 5.74) is 0.257. The Morgan fingerprint density at radius 1 is 1.00 bits per heavy atom. The predicted molar refractivity (Wildman–Crippen MR) is 136 cm³/mol. The van der Waals surface area contributed by atoms with Crippen LogP contribution in [0, 0.1) is 5.92 Å². The summed E-state index contributed by atoms with van der Waals surface area (Å²) >= 11 is 0. The molecular formula is C28H39N3O3. The van der Waals surface area contributed by atoms with Gasteiger partial charge in [0.1, 0.15) is 5.54 Å². The van der Waals surface area contributed by atoms with Crippen molar-refractivity contribution in [2.24, 2.45) is 5.92 Å². The number of hydrogen-bond acceptors (Lipinski definition) is 4. The summed E-state index contributed by atoms with van der Waals surface area (Å²) in [5, 5.41) is 2.28. The number of carbonyl (C=O) groups excluding carboxylic acids is 2. The molecule has 2 heterocycles. The Morgan fingerprint density at radius 3 is 2.38 bits per heavy atom. The number of hydrogen-bond donors (Lipinski definition) is 0. The number of fused-ring (bicyclic) bond motifs is 1. The van der Waals surface area contributed by atoms with Crippen LogP contribution in [0.4, 0.5) is 4.79 Å². The third-order valence-electron chi connectivity index (χ3n) is 7.57. The lowest BCUT2D eigenvalue weighted by Gasteiger charge is -2.44. The van der Waals surface area contributed by atoms with Gasteiger partial charge in [-0.05, 0) is 60.9 Å². The molecule has 0 radical (unpaired) electrons. The van der Waals surface area contributed by atoms with Gasteiger partial charge in [-0.15, -0.1) is 0 Å². The summed E-state index contributed by atoms with van der Waals surface area (Å²) in [6.45, 7) is 9.92. The molecule has 1 spiro atoms. The van der Waals surface area contributed by atoms with Gasteiger partial charge in [-0.2, -0.15) is 0 Å². The highest BCUT2D eigenvalue weighted by Gasteiger charge is 2.57. The van der Waals surface area contributed by atoms with Gasteiger partial charge in [-0.25, -0.2) is 4.79 Å². The normalized spacial score (nSPS) is 19.7. The molecule has 4 rings (SSSR count). The lowest BCUT2D eigenvalue weighted by atomic mass is 9.84. The van der Waals surface area contributed by atoms with Crippen molar-refractivity contribution in [2.45, 2.75) is 64.6 Å². The van der Waals surface area contributed by atoms with Crippen LogP contribution in [0.3, 0.4) is 0 Å². The number of ether oxygens (including phenoxy) is 1. The van der Waals surface area contributed by atoms with E-state index >= 15 is 0 Å². The monoisotopic (exact) mass is 465 g/mol. The van der Waals surface area contributed by atoms with E-state index in [9.17, 15) is 9.59 Å². The number of benzene rings is 2. The van der Waals surface area contributed by atoms with E-state index in [1.807, 2.05) is 23.1 Å². The minimum absolute atomic E-state index is 0.0285. The van der Waals surface area contributed by atoms with E-state index in [4.69, 9.17) is 4.74 Å². The zero-order chi connectivity index (χ0) is 24.3. The molecule has 2 aromatic rings. The molecule has 2 saturated heterocycles. The van der Waals surface area contributed by atoms with Crippen LogP contribution < -0.4 is 0 Å². The number of carbonyl (C=O) groups is 2. The Kier molecular flexibility index (Phi) is 7.58. The largest absolute Gasteiger partial charge is 0.385 e.